The van der Waals surface area contributed by atoms with E-state index in [0.29, 0.717) is 16.3 Å². The molecule has 4 aromatic rings. The monoisotopic (exact) mass is 506 g/mol. The number of fused-ring (bicyclic) bond motifs is 1. The predicted molar refractivity (Wildman–Crippen MR) is 135 cm³/mol. The Balaban J connectivity index is 1.47. The largest absolute Gasteiger partial charge is 0.530 e. The van der Waals surface area contributed by atoms with E-state index in [1.807, 2.05) is 53.4 Å². The number of amides is 1. The minimum absolute atomic E-state index is 0.00327. The van der Waals surface area contributed by atoms with Crippen LogP contribution in [0.1, 0.15) is 24.2 Å². The number of carbonyl (C=O) groups excluding carboxylic acids is 1. The Bertz CT molecular complexity index is 1410. The number of likely N-dealkylation sites (tertiary alicyclic amines) is 1. The van der Waals surface area contributed by atoms with E-state index in [0.717, 1.165) is 33.2 Å². The van der Waals surface area contributed by atoms with Crippen LogP contribution in [0.25, 0.3) is 33.2 Å². The fraction of sp³-hybridized carbons (Fsp3) is 0.222. The summed E-state index contributed by atoms with van der Waals surface area (Å²) in [6, 6.07) is 17.3. The van der Waals surface area contributed by atoms with E-state index in [-0.39, 0.29) is 32.5 Å². The summed E-state index contributed by atoms with van der Waals surface area (Å²) in [7, 11) is 0. The molecule has 0 aliphatic carbocycles. The highest BCUT2D eigenvalue weighted by molar-refractivity contribution is 7.80. The molecule has 1 N–H and O–H groups in total. The first kappa shape index (κ1) is 23.9. The second-order valence-corrected chi connectivity index (χ2v) is 9.14. The number of alkyl halides is 2. The fourth-order valence-electron chi connectivity index (χ4n) is 4.39. The smallest absolute Gasteiger partial charge is 0.251 e. The molecule has 1 aliphatic rings. The average Bonchev–Trinajstić information content (AvgIpc) is 3.30. The number of nitrogens with zero attached hydrogens (tertiary/aromatic N) is 2. The minimum atomic E-state index is -2.62. The summed E-state index contributed by atoms with van der Waals surface area (Å²) < 4.78 is 33.0. The molecule has 36 heavy (non-hydrogen) atoms. The first-order valence-corrected chi connectivity index (χ1v) is 11.9. The van der Waals surface area contributed by atoms with E-state index >= 15 is 0 Å². The van der Waals surface area contributed by atoms with Gasteiger partial charge in [0, 0.05) is 54.8 Å². The average molecular weight is 507 g/mol. The Morgan fingerprint density at radius 3 is 2.39 bits per heavy atom. The van der Waals surface area contributed by atoms with E-state index in [2.05, 4.69) is 10.3 Å². The third-order valence-electron chi connectivity index (χ3n) is 6.31. The molecule has 0 saturated carbocycles. The number of hydrogen-bond donors (Lipinski definition) is 1. The number of aromatic nitrogens is 1. The van der Waals surface area contributed by atoms with Crippen molar-refractivity contribution < 1.29 is 23.1 Å². The quantitative estimate of drug-likeness (QED) is 0.384. The first-order valence-electron chi connectivity index (χ1n) is 11.5. The minimum Gasteiger partial charge on any atom is -0.530 e. The van der Waals surface area contributed by atoms with Crippen molar-refractivity contribution in [2.24, 2.45) is 0 Å². The second kappa shape index (κ2) is 9.66. The summed E-state index contributed by atoms with van der Waals surface area (Å²) >= 11 is 5.58. The molecule has 6 nitrogen and oxygen atoms in total. The molecule has 3 heterocycles. The van der Waals surface area contributed by atoms with Crippen LogP contribution in [0.5, 0.6) is 0 Å². The van der Waals surface area contributed by atoms with Crippen molar-refractivity contribution >= 4 is 34.3 Å². The number of thiocarbonyl (C=S) groups is 1. The van der Waals surface area contributed by atoms with Gasteiger partial charge in [0.25, 0.3) is 5.92 Å². The molecular weight excluding hydrogens is 484 g/mol. The highest BCUT2D eigenvalue weighted by Gasteiger charge is 2.34. The lowest BCUT2D eigenvalue weighted by molar-refractivity contribution is -0.251. The number of piperidine rings is 1. The summed E-state index contributed by atoms with van der Waals surface area (Å²) in [5, 5.41) is 13.8. The van der Waals surface area contributed by atoms with Crippen LogP contribution in [0.4, 0.5) is 13.6 Å². The predicted octanol–water partition coefficient (Wildman–Crippen LogP) is 5.00. The van der Waals surface area contributed by atoms with Gasteiger partial charge in [-0.05, 0) is 47.0 Å². The van der Waals surface area contributed by atoms with Gasteiger partial charge in [0.1, 0.15) is 22.4 Å². The summed E-state index contributed by atoms with van der Waals surface area (Å²) in [5.41, 5.74) is 5.08. The Morgan fingerprint density at radius 2 is 1.72 bits per heavy atom. The number of carbonyl (C=O) groups is 1. The molecule has 5 rings (SSSR count). The number of pyridine rings is 1. The molecule has 0 unspecified atom stereocenters. The summed E-state index contributed by atoms with van der Waals surface area (Å²) in [5.74, 6) is -2.15. The lowest BCUT2D eigenvalue weighted by atomic mass is 9.96. The molecule has 1 aliphatic heterocycles. The van der Waals surface area contributed by atoms with Crippen LogP contribution in [0.2, 0.25) is 0 Å². The first-order chi connectivity index (χ1) is 17.3. The highest BCUT2D eigenvalue weighted by Crippen LogP contribution is 2.36. The maximum absolute atomic E-state index is 13.5. The van der Waals surface area contributed by atoms with Gasteiger partial charge in [-0.15, -0.1) is 0 Å². The lowest BCUT2D eigenvalue weighted by Crippen LogP contribution is -2.42. The van der Waals surface area contributed by atoms with E-state index in [1.54, 1.807) is 18.5 Å². The zero-order chi connectivity index (χ0) is 25.3. The van der Waals surface area contributed by atoms with Crippen LogP contribution in [-0.2, 0) is 6.54 Å². The van der Waals surface area contributed by atoms with Crippen molar-refractivity contribution in [3.63, 3.8) is 0 Å². The van der Waals surface area contributed by atoms with Crippen LogP contribution in [0.3, 0.4) is 0 Å². The number of benzene rings is 2. The fourth-order valence-corrected chi connectivity index (χ4v) is 4.71. The van der Waals surface area contributed by atoms with Gasteiger partial charge in [0.15, 0.2) is 0 Å². The lowest BCUT2D eigenvalue weighted by Gasteiger charge is -2.33. The number of halogens is 2. The molecule has 1 amide bonds. The SMILES string of the molecule is O=C([O-])NCc1cc2cc(-c3ccc(C(=S)N4CCC(F)(F)CC4)cc3)cc(-c3ccncc3)c2o1. The van der Waals surface area contributed by atoms with Crippen LogP contribution in [0, 0.1) is 0 Å². The van der Waals surface area contributed by atoms with Crippen molar-refractivity contribution in [3.8, 4) is 22.3 Å². The van der Waals surface area contributed by atoms with Gasteiger partial charge in [-0.2, -0.15) is 0 Å². The van der Waals surface area contributed by atoms with E-state index in [1.165, 1.54) is 0 Å². The van der Waals surface area contributed by atoms with E-state index in [4.69, 9.17) is 16.6 Å². The molecule has 9 heteroatoms. The summed E-state index contributed by atoms with van der Waals surface area (Å²) in [6.45, 7) is 0.487. The molecule has 2 aromatic heterocycles. The van der Waals surface area contributed by atoms with E-state index in [9.17, 15) is 18.7 Å². The number of hydrogen-bond acceptors (Lipinski definition) is 5. The maximum atomic E-state index is 13.5. The van der Waals surface area contributed by atoms with Gasteiger partial charge in [-0.25, -0.2) is 8.78 Å². The summed E-state index contributed by atoms with van der Waals surface area (Å²) in [6.07, 6.45) is 1.65. The topological polar surface area (TPSA) is 81.4 Å². The van der Waals surface area contributed by atoms with Crippen molar-refractivity contribution in [1.29, 1.82) is 0 Å². The summed E-state index contributed by atoms with van der Waals surface area (Å²) in [4.78, 5) is 17.3. The number of furan rings is 1. The van der Waals surface area contributed by atoms with Gasteiger partial charge >= 0.3 is 0 Å². The van der Waals surface area contributed by atoms with Crippen LogP contribution >= 0.6 is 12.2 Å². The van der Waals surface area contributed by atoms with Gasteiger partial charge < -0.3 is 24.5 Å². The van der Waals surface area contributed by atoms with Crippen LogP contribution in [0.15, 0.2) is 71.4 Å². The van der Waals surface area contributed by atoms with Gasteiger partial charge in [-0.1, -0.05) is 36.5 Å². The van der Waals surface area contributed by atoms with Gasteiger partial charge in [0.05, 0.1) is 6.54 Å². The van der Waals surface area contributed by atoms with E-state index < -0.39 is 12.0 Å². The third kappa shape index (κ3) is 5.06. The Labute approximate surface area is 211 Å². The normalized spacial score (nSPS) is 15.1. The molecule has 2 aromatic carbocycles. The standard InChI is InChI=1S/C27H23F2N3O3S/c28-27(29)7-11-32(12-8-27)25(36)19-3-1-17(2-4-19)20-13-21-14-22(16-31-26(33)34)35-24(21)23(15-20)18-5-9-30-10-6-18/h1-6,9-10,13-15,31H,7-8,11-12,16H2,(H,33,34)/p-1. The maximum Gasteiger partial charge on any atom is 0.251 e. The third-order valence-corrected chi connectivity index (χ3v) is 6.81. The number of rotatable bonds is 5. The molecule has 184 valence electrons. The van der Waals surface area contributed by atoms with Crippen molar-refractivity contribution in [3.05, 3.63) is 78.3 Å². The zero-order valence-electron chi connectivity index (χ0n) is 19.2. The van der Waals surface area contributed by atoms with Gasteiger partial charge in [-0.3, -0.25) is 4.98 Å². The molecule has 1 fully saturated rings. The number of carboxylic acid groups (broad SMARTS) is 1. The molecular formula is C27H22F2N3O3S-. The molecule has 1 saturated heterocycles. The molecule has 0 bridgehead atoms. The second-order valence-electron chi connectivity index (χ2n) is 8.76. The Morgan fingerprint density at radius 1 is 1.03 bits per heavy atom. The molecule has 0 spiro atoms. The highest BCUT2D eigenvalue weighted by atomic mass is 32.1. The Hall–Kier alpha value is -3.85. The Kier molecular flexibility index (Phi) is 6.40. The van der Waals surface area contributed by atoms with Gasteiger partial charge in [0.2, 0.25) is 0 Å². The van der Waals surface area contributed by atoms with Crippen molar-refractivity contribution in [1.82, 2.24) is 15.2 Å². The molecule has 0 atom stereocenters. The van der Waals surface area contributed by atoms with Crippen molar-refractivity contribution in [2.75, 3.05) is 13.1 Å². The van der Waals surface area contributed by atoms with Crippen LogP contribution in [-0.4, -0.2) is 40.0 Å². The number of nitrogens with one attached hydrogen (secondary N) is 1. The van der Waals surface area contributed by atoms with Crippen molar-refractivity contribution in [2.45, 2.75) is 25.3 Å². The van der Waals surface area contributed by atoms with Crippen LogP contribution < -0.4 is 10.4 Å². The zero-order valence-corrected chi connectivity index (χ0v) is 20.0. The molecule has 0 radical (unpaired) electrons.